The van der Waals surface area contributed by atoms with Gasteiger partial charge < -0.3 is 29.4 Å². The largest absolute Gasteiger partial charge is 0.455 e. The lowest BCUT2D eigenvalue weighted by molar-refractivity contribution is -0.384. The van der Waals surface area contributed by atoms with Gasteiger partial charge in [-0.15, -0.1) is 0 Å². The third-order valence-corrected chi connectivity index (χ3v) is 13.4. The van der Waals surface area contributed by atoms with Gasteiger partial charge in [-0.1, -0.05) is 43.2 Å². The number of allylic oxidation sites excluding steroid dienone is 1. The van der Waals surface area contributed by atoms with E-state index >= 15 is 4.39 Å². The Morgan fingerprint density at radius 3 is 2.67 bits per heavy atom. The van der Waals surface area contributed by atoms with E-state index in [9.17, 15) is 23.3 Å². The van der Waals surface area contributed by atoms with Gasteiger partial charge in [0.15, 0.2) is 5.82 Å². The number of hydrogen-bond donors (Lipinski definition) is 3. The molecular weight excluding hydrogens is 853 g/mol. The summed E-state index contributed by atoms with van der Waals surface area (Å²) in [7, 11) is -4.85. The molecule has 332 valence electrons. The number of sulfonamides is 1. The summed E-state index contributed by atoms with van der Waals surface area (Å²) in [4.78, 5) is 36.4. The number of carbonyl (C=O) groups excluding carboxylic acids is 1. The van der Waals surface area contributed by atoms with Crippen LogP contribution in [0, 0.1) is 21.3 Å². The molecule has 2 fully saturated rings. The summed E-state index contributed by atoms with van der Waals surface area (Å²) < 4.78 is 61.9. The molecule has 0 spiro atoms. The van der Waals surface area contributed by atoms with Gasteiger partial charge in [-0.05, 0) is 85.2 Å². The summed E-state index contributed by atoms with van der Waals surface area (Å²) >= 11 is 6.24. The van der Waals surface area contributed by atoms with E-state index in [0.717, 1.165) is 43.4 Å². The van der Waals surface area contributed by atoms with Crippen molar-refractivity contribution >= 4 is 61.2 Å². The molecule has 8 rings (SSSR count). The number of H-pyrrole nitrogens is 1. The van der Waals surface area contributed by atoms with Gasteiger partial charge in [-0.25, -0.2) is 22.5 Å². The number of fused-ring (bicyclic) bond motifs is 1. The molecule has 2 saturated heterocycles. The first kappa shape index (κ1) is 44.0. The van der Waals surface area contributed by atoms with Crippen LogP contribution in [0.4, 0.5) is 21.5 Å². The Bertz CT molecular complexity index is 2670. The number of nitrogens with one attached hydrogen (secondary N) is 3. The Kier molecular flexibility index (Phi) is 12.8. The first-order valence-corrected chi connectivity index (χ1v) is 22.7. The topological polar surface area (TPSA) is 181 Å². The lowest BCUT2D eigenvalue weighted by Crippen LogP contribution is -2.52. The molecule has 0 bridgehead atoms. The minimum atomic E-state index is -4.85. The summed E-state index contributed by atoms with van der Waals surface area (Å²) in [5.74, 6) is -1.96. The minimum Gasteiger partial charge on any atom is -0.455 e. The summed E-state index contributed by atoms with van der Waals surface area (Å²) in [6.07, 6.45) is 5.83. The van der Waals surface area contributed by atoms with E-state index < -0.39 is 49.0 Å². The van der Waals surface area contributed by atoms with Gasteiger partial charge in [-0.2, -0.15) is 0 Å². The van der Waals surface area contributed by atoms with Crippen molar-refractivity contribution in [3.8, 4) is 11.5 Å². The van der Waals surface area contributed by atoms with E-state index in [1.165, 1.54) is 29.0 Å². The maximum atomic E-state index is 15.5. The average molecular weight is 902 g/mol. The zero-order chi connectivity index (χ0) is 44.5. The highest BCUT2D eigenvalue weighted by molar-refractivity contribution is 7.90. The number of hydrogen-bond acceptors (Lipinski definition) is 12. The van der Waals surface area contributed by atoms with E-state index in [-0.39, 0.29) is 35.9 Å². The molecule has 63 heavy (non-hydrogen) atoms. The smallest absolute Gasteiger partial charge is 0.296 e. The fraction of sp³-hybridized carbons (Fsp3) is 0.378. The number of rotatable bonds is 13. The van der Waals surface area contributed by atoms with E-state index in [4.69, 9.17) is 25.8 Å². The fourth-order valence-electron chi connectivity index (χ4n) is 8.50. The monoisotopic (exact) mass is 901 g/mol. The maximum Gasteiger partial charge on any atom is 0.296 e. The van der Waals surface area contributed by atoms with Crippen LogP contribution in [0.15, 0.2) is 89.6 Å². The summed E-state index contributed by atoms with van der Waals surface area (Å²) in [6.45, 7) is 10.7. The number of nitrogens with zero attached hydrogens (tertiary/aromatic N) is 4. The van der Waals surface area contributed by atoms with Crippen molar-refractivity contribution < 1.29 is 36.7 Å². The predicted molar refractivity (Wildman–Crippen MR) is 239 cm³/mol. The molecule has 0 unspecified atom stereocenters. The van der Waals surface area contributed by atoms with Gasteiger partial charge in [0, 0.05) is 73.2 Å². The molecule has 2 atom stereocenters. The molecule has 1 aliphatic carbocycles. The van der Waals surface area contributed by atoms with Crippen molar-refractivity contribution in [1.82, 2.24) is 19.6 Å². The van der Waals surface area contributed by atoms with Crippen molar-refractivity contribution in [2.75, 3.05) is 62.8 Å². The molecule has 0 radical (unpaired) electrons. The highest BCUT2D eigenvalue weighted by Crippen LogP contribution is 2.43. The summed E-state index contributed by atoms with van der Waals surface area (Å²) in [5.41, 5.74) is 4.10. The normalized spacial score (nSPS) is 19.5. The third kappa shape index (κ3) is 10.1. The number of halogens is 2. The van der Waals surface area contributed by atoms with Crippen LogP contribution in [0.2, 0.25) is 5.02 Å². The lowest BCUT2D eigenvalue weighted by atomic mass is 9.72. The Hall–Kier alpha value is -5.59. The van der Waals surface area contributed by atoms with Crippen LogP contribution in [0.25, 0.3) is 16.6 Å². The minimum absolute atomic E-state index is 0.0246. The van der Waals surface area contributed by atoms with Crippen molar-refractivity contribution in [3.63, 3.8) is 0 Å². The maximum absolute atomic E-state index is 15.5. The number of aromatic nitrogens is 2. The summed E-state index contributed by atoms with van der Waals surface area (Å²) in [5, 5.41) is 16.2. The number of benzene rings is 3. The van der Waals surface area contributed by atoms with E-state index in [0.29, 0.717) is 54.9 Å². The van der Waals surface area contributed by atoms with Crippen LogP contribution in [0.3, 0.4) is 0 Å². The van der Waals surface area contributed by atoms with Gasteiger partial charge >= 0.3 is 0 Å². The molecule has 3 N–H and O–H groups in total. The summed E-state index contributed by atoms with van der Waals surface area (Å²) in [6, 6.07) is 18.0. The van der Waals surface area contributed by atoms with Crippen LogP contribution in [-0.2, 0) is 19.5 Å². The Labute approximate surface area is 369 Å². The number of nitro benzene ring substituents is 1. The van der Waals surface area contributed by atoms with Crippen molar-refractivity contribution in [1.29, 1.82) is 0 Å². The Morgan fingerprint density at radius 1 is 1.11 bits per heavy atom. The molecule has 4 heterocycles. The van der Waals surface area contributed by atoms with Gasteiger partial charge in [-0.3, -0.25) is 19.8 Å². The van der Waals surface area contributed by atoms with Crippen LogP contribution < -0.4 is 19.7 Å². The van der Waals surface area contributed by atoms with Crippen LogP contribution in [0.5, 0.6) is 11.5 Å². The number of piperazine rings is 1. The molecule has 18 heteroatoms. The second-order valence-corrected chi connectivity index (χ2v) is 19.1. The van der Waals surface area contributed by atoms with Crippen molar-refractivity contribution in [2.24, 2.45) is 5.41 Å². The van der Waals surface area contributed by atoms with E-state index in [2.05, 4.69) is 58.0 Å². The fourth-order valence-corrected chi connectivity index (χ4v) is 9.63. The number of nitro groups is 1. The Balaban J connectivity index is 1.03. The lowest BCUT2D eigenvalue weighted by Gasteiger charge is -2.43. The Morgan fingerprint density at radius 2 is 1.92 bits per heavy atom. The second kappa shape index (κ2) is 18.3. The first-order valence-electron chi connectivity index (χ1n) is 20.8. The average Bonchev–Trinajstić information content (AvgIpc) is 3.72. The molecule has 3 aromatic carbocycles. The van der Waals surface area contributed by atoms with E-state index in [1.807, 2.05) is 22.9 Å². The zero-order valence-corrected chi connectivity index (χ0v) is 36.7. The molecule has 1 amide bonds. The molecule has 5 aromatic rings. The predicted octanol–water partition coefficient (Wildman–Crippen LogP) is 8.18. The van der Waals surface area contributed by atoms with Gasteiger partial charge in [0.25, 0.3) is 21.6 Å². The zero-order valence-electron chi connectivity index (χ0n) is 35.2. The molecule has 0 saturated carbocycles. The van der Waals surface area contributed by atoms with Crippen LogP contribution >= 0.6 is 11.6 Å². The highest BCUT2D eigenvalue weighted by atomic mass is 35.5. The third-order valence-electron chi connectivity index (χ3n) is 11.9. The highest BCUT2D eigenvalue weighted by Gasteiger charge is 2.33. The molecule has 2 aromatic heterocycles. The SMILES string of the molecule is C[C@@H]1CN(c2ccc(C(=O)NS(=O)(=O)c3cc(F)c(NC[C@@H]4COCCO4)c([N+](=O)[O-])c3)c(Oc3cnc4[nH]ccc4c3)c2)CCN1CC1=C(c2ccc(Cl)cc2)CCC(C)(C)C1. The van der Waals surface area contributed by atoms with Gasteiger partial charge in [0.05, 0.1) is 47.5 Å². The number of amides is 1. The standard InChI is InChI=1S/C45H49ClFN7O8S/c1-28-25-53(15-14-52(28)26-31-22-45(2,3)12-10-37(31)29-4-6-32(46)7-5-29)33-8-9-38(41(19-33)62-34-18-30-11-13-48-43(30)50-23-34)44(55)51-63(58,59)36-20-39(47)42(40(21-36)54(56)57)49-24-35-27-60-16-17-61-35/h4-9,11,13,18-21,23,28,35,49H,10,12,14-17,22,24-27H2,1-3H3,(H,48,50)(H,51,55)/t28-,35-/m1/s1. The molecule has 15 nitrogen and oxygen atoms in total. The number of anilines is 2. The van der Waals surface area contributed by atoms with Gasteiger partial charge in [0.1, 0.15) is 22.8 Å². The van der Waals surface area contributed by atoms with Crippen molar-refractivity contribution in [3.05, 3.63) is 117 Å². The van der Waals surface area contributed by atoms with E-state index in [1.54, 1.807) is 24.4 Å². The van der Waals surface area contributed by atoms with Crippen LogP contribution in [-0.4, -0.2) is 98.8 Å². The second-order valence-electron chi connectivity index (χ2n) is 17.0. The number of pyridine rings is 1. The number of carbonyl (C=O) groups is 1. The molecular formula is C45H49ClFN7O8S. The van der Waals surface area contributed by atoms with Crippen molar-refractivity contribution in [2.45, 2.75) is 57.1 Å². The van der Waals surface area contributed by atoms with Gasteiger partial charge in [0.2, 0.25) is 0 Å². The number of aromatic amines is 1. The first-order chi connectivity index (χ1) is 30.1. The molecule has 2 aliphatic heterocycles. The quantitative estimate of drug-likeness (QED) is 0.0763. The molecule has 3 aliphatic rings. The number of ether oxygens (including phenoxy) is 3. The van der Waals surface area contributed by atoms with Crippen LogP contribution in [0.1, 0.15) is 56.0 Å².